The molecule has 3 nitrogen and oxygen atoms in total. The number of benzene rings is 1. The zero-order valence-corrected chi connectivity index (χ0v) is 8.82. The molecule has 0 radical (unpaired) electrons. The van der Waals surface area contributed by atoms with E-state index in [2.05, 4.69) is 0 Å². The molecule has 2 N–H and O–H groups in total. The van der Waals surface area contributed by atoms with Gasteiger partial charge in [0, 0.05) is 12.6 Å². The van der Waals surface area contributed by atoms with Gasteiger partial charge in [-0.1, -0.05) is 6.07 Å². The molecule has 1 unspecified atom stereocenters. The summed E-state index contributed by atoms with van der Waals surface area (Å²) in [7, 11) is 0. The molecule has 15 heavy (non-hydrogen) atoms. The summed E-state index contributed by atoms with van der Waals surface area (Å²) < 4.78 is 5.28. The van der Waals surface area contributed by atoms with Crippen LogP contribution in [0.5, 0.6) is 0 Å². The average Bonchev–Trinajstić information content (AvgIpc) is 2.18. The monoisotopic (exact) mass is 205 g/mol. The first-order valence-corrected chi connectivity index (χ1v) is 5.22. The molecule has 1 aliphatic carbocycles. The van der Waals surface area contributed by atoms with Crippen molar-refractivity contribution in [1.82, 2.24) is 0 Å². The fourth-order valence-corrected chi connectivity index (χ4v) is 2.10. The van der Waals surface area contributed by atoms with Gasteiger partial charge in [0.25, 0.3) is 0 Å². The van der Waals surface area contributed by atoms with E-state index < -0.39 is 0 Å². The van der Waals surface area contributed by atoms with Gasteiger partial charge in [-0.25, -0.2) is 0 Å². The van der Waals surface area contributed by atoms with Gasteiger partial charge < -0.3 is 10.5 Å². The van der Waals surface area contributed by atoms with E-state index in [1.807, 2.05) is 18.2 Å². The molecule has 80 valence electrons. The number of nitrogen functional groups attached to an aromatic ring is 1. The molecule has 0 aliphatic heterocycles. The van der Waals surface area contributed by atoms with E-state index in [0.717, 1.165) is 30.5 Å². The normalized spacial score (nSPS) is 19.4. The molecule has 1 atom stereocenters. The number of nitrogens with two attached hydrogens (primary N) is 1. The van der Waals surface area contributed by atoms with Crippen molar-refractivity contribution >= 4 is 11.7 Å². The second-order valence-electron chi connectivity index (χ2n) is 3.95. The third-order valence-corrected chi connectivity index (χ3v) is 2.74. The Morgan fingerprint density at radius 1 is 1.53 bits per heavy atom. The Bertz CT molecular complexity index is 387. The van der Waals surface area contributed by atoms with Gasteiger partial charge >= 0.3 is 5.97 Å². The molecule has 2 rings (SSSR count). The van der Waals surface area contributed by atoms with Crippen LogP contribution in [-0.4, -0.2) is 5.97 Å². The number of fused-ring (bicyclic) bond motifs is 1. The summed E-state index contributed by atoms with van der Waals surface area (Å²) in [5, 5.41) is 0. The summed E-state index contributed by atoms with van der Waals surface area (Å²) in [4.78, 5) is 11.0. The van der Waals surface area contributed by atoms with Crippen molar-refractivity contribution in [3.05, 3.63) is 29.3 Å². The van der Waals surface area contributed by atoms with E-state index >= 15 is 0 Å². The van der Waals surface area contributed by atoms with Gasteiger partial charge in [0.05, 0.1) is 0 Å². The molecule has 0 saturated carbocycles. The van der Waals surface area contributed by atoms with Crippen molar-refractivity contribution in [3.8, 4) is 0 Å². The molecular formula is C12H15NO2. The Labute approximate surface area is 89.2 Å². The molecule has 0 aromatic heterocycles. The largest absolute Gasteiger partial charge is 0.458 e. The highest BCUT2D eigenvalue weighted by Gasteiger charge is 2.22. The highest BCUT2D eigenvalue weighted by atomic mass is 16.5. The first-order chi connectivity index (χ1) is 7.16. The SMILES string of the molecule is CC(=O)OC1CCCc2ccc(N)cc21. The van der Waals surface area contributed by atoms with E-state index in [1.54, 1.807) is 0 Å². The van der Waals surface area contributed by atoms with Crippen LogP contribution in [0.15, 0.2) is 18.2 Å². The molecule has 1 aromatic carbocycles. The lowest BCUT2D eigenvalue weighted by molar-refractivity contribution is -0.147. The van der Waals surface area contributed by atoms with E-state index in [9.17, 15) is 4.79 Å². The molecule has 0 amide bonds. The average molecular weight is 205 g/mol. The molecule has 0 spiro atoms. The first kappa shape index (κ1) is 10.0. The highest BCUT2D eigenvalue weighted by molar-refractivity contribution is 5.66. The minimum atomic E-state index is -0.227. The Hall–Kier alpha value is -1.51. The maximum Gasteiger partial charge on any atom is 0.303 e. The van der Waals surface area contributed by atoms with Gasteiger partial charge in [0.2, 0.25) is 0 Å². The number of esters is 1. The zero-order valence-electron chi connectivity index (χ0n) is 8.82. The van der Waals surface area contributed by atoms with E-state index in [0.29, 0.717) is 0 Å². The summed E-state index contributed by atoms with van der Waals surface area (Å²) in [6, 6.07) is 5.84. The maximum absolute atomic E-state index is 11.0. The number of hydrogen-bond acceptors (Lipinski definition) is 3. The molecule has 3 heteroatoms. The van der Waals surface area contributed by atoms with Gasteiger partial charge in [-0.3, -0.25) is 4.79 Å². The molecule has 1 aromatic rings. The van der Waals surface area contributed by atoms with Crippen LogP contribution in [0.2, 0.25) is 0 Å². The Morgan fingerprint density at radius 2 is 2.33 bits per heavy atom. The topological polar surface area (TPSA) is 52.3 Å². The van der Waals surface area contributed by atoms with Crippen LogP contribution in [-0.2, 0) is 16.0 Å². The number of rotatable bonds is 1. The lowest BCUT2D eigenvalue weighted by Gasteiger charge is -2.25. The number of ether oxygens (including phenoxy) is 1. The van der Waals surface area contributed by atoms with Crippen LogP contribution in [0.3, 0.4) is 0 Å². The van der Waals surface area contributed by atoms with Crippen molar-refractivity contribution in [3.63, 3.8) is 0 Å². The van der Waals surface area contributed by atoms with Crippen LogP contribution < -0.4 is 5.73 Å². The maximum atomic E-state index is 11.0. The third kappa shape index (κ3) is 2.12. The highest BCUT2D eigenvalue weighted by Crippen LogP contribution is 2.33. The number of carbonyl (C=O) groups is 1. The molecule has 0 heterocycles. The molecule has 0 saturated heterocycles. The van der Waals surface area contributed by atoms with Crippen molar-refractivity contribution < 1.29 is 9.53 Å². The van der Waals surface area contributed by atoms with Crippen molar-refractivity contribution in [2.45, 2.75) is 32.3 Å². The fraction of sp³-hybridized carbons (Fsp3) is 0.417. The van der Waals surface area contributed by atoms with Crippen LogP contribution in [0.1, 0.15) is 37.0 Å². The second kappa shape index (κ2) is 3.93. The lowest BCUT2D eigenvalue weighted by atomic mass is 9.89. The summed E-state index contributed by atoms with van der Waals surface area (Å²) in [6.07, 6.45) is 2.91. The molecular weight excluding hydrogens is 190 g/mol. The number of carbonyl (C=O) groups excluding carboxylic acids is 1. The number of anilines is 1. The Kier molecular flexibility index (Phi) is 2.62. The molecule has 0 bridgehead atoms. The zero-order chi connectivity index (χ0) is 10.8. The summed E-state index contributed by atoms with van der Waals surface area (Å²) in [6.45, 7) is 1.45. The van der Waals surface area contributed by atoms with Gasteiger partial charge in [0.1, 0.15) is 6.10 Å². The predicted octanol–water partition coefficient (Wildman–Crippen LogP) is 2.21. The molecule has 0 fully saturated rings. The van der Waals surface area contributed by atoms with E-state index in [-0.39, 0.29) is 12.1 Å². The summed E-state index contributed by atoms with van der Waals surface area (Å²) in [5.74, 6) is -0.227. The van der Waals surface area contributed by atoms with E-state index in [1.165, 1.54) is 12.5 Å². The smallest absolute Gasteiger partial charge is 0.303 e. The minimum absolute atomic E-state index is 0.102. The van der Waals surface area contributed by atoms with Gasteiger partial charge in [-0.05, 0) is 42.5 Å². The predicted molar refractivity (Wildman–Crippen MR) is 58.3 cm³/mol. The number of aryl methyl sites for hydroxylation is 1. The van der Waals surface area contributed by atoms with Crippen molar-refractivity contribution in [2.24, 2.45) is 0 Å². The van der Waals surface area contributed by atoms with E-state index in [4.69, 9.17) is 10.5 Å². The quantitative estimate of drug-likeness (QED) is 0.565. The van der Waals surface area contributed by atoms with Gasteiger partial charge in [0.15, 0.2) is 0 Å². The van der Waals surface area contributed by atoms with Crippen LogP contribution in [0.4, 0.5) is 5.69 Å². The number of hydrogen-bond donors (Lipinski definition) is 1. The summed E-state index contributed by atoms with van der Waals surface area (Å²) >= 11 is 0. The first-order valence-electron chi connectivity index (χ1n) is 5.22. The Balaban J connectivity index is 2.32. The van der Waals surface area contributed by atoms with Crippen LogP contribution in [0.25, 0.3) is 0 Å². The molecule has 1 aliphatic rings. The van der Waals surface area contributed by atoms with Crippen LogP contribution >= 0.6 is 0 Å². The fourth-order valence-electron chi connectivity index (χ4n) is 2.10. The van der Waals surface area contributed by atoms with Crippen LogP contribution in [0, 0.1) is 0 Å². The Morgan fingerprint density at radius 3 is 3.07 bits per heavy atom. The van der Waals surface area contributed by atoms with Crippen molar-refractivity contribution in [2.75, 3.05) is 5.73 Å². The standard InChI is InChI=1S/C12H15NO2/c1-8(14)15-12-4-2-3-9-5-6-10(13)7-11(9)12/h5-7,12H,2-4,13H2,1H3. The third-order valence-electron chi connectivity index (χ3n) is 2.74. The summed E-state index contributed by atoms with van der Waals surface area (Å²) in [5.41, 5.74) is 8.80. The van der Waals surface area contributed by atoms with Crippen molar-refractivity contribution in [1.29, 1.82) is 0 Å². The lowest BCUT2D eigenvalue weighted by Crippen LogP contribution is -2.15. The van der Waals surface area contributed by atoms with Gasteiger partial charge in [-0.2, -0.15) is 0 Å². The van der Waals surface area contributed by atoms with Gasteiger partial charge in [-0.15, -0.1) is 0 Å². The minimum Gasteiger partial charge on any atom is -0.458 e. The second-order valence-corrected chi connectivity index (χ2v) is 3.95.